The quantitative estimate of drug-likeness (QED) is 0.0111. The second kappa shape index (κ2) is 31.7. The highest BCUT2D eigenvalue weighted by Gasteiger charge is 2.66. The summed E-state index contributed by atoms with van der Waals surface area (Å²) in [5.41, 5.74) is 10.2. The van der Waals surface area contributed by atoms with Crippen molar-refractivity contribution in [3.8, 4) is 0 Å². The summed E-state index contributed by atoms with van der Waals surface area (Å²) in [6.45, 7) is 10.3. The van der Waals surface area contributed by atoms with Gasteiger partial charge in [0, 0.05) is 85.6 Å². The third kappa shape index (κ3) is 18.0. The number of anilines is 3. The van der Waals surface area contributed by atoms with Crippen molar-refractivity contribution in [3.05, 3.63) is 130 Å². The Morgan fingerprint density at radius 1 is 0.887 bits per heavy atom. The van der Waals surface area contributed by atoms with E-state index in [9.17, 15) is 76.9 Å². The van der Waals surface area contributed by atoms with Gasteiger partial charge in [-0.15, -0.1) is 0 Å². The van der Waals surface area contributed by atoms with Crippen molar-refractivity contribution >= 4 is 107 Å². The zero-order chi connectivity index (χ0) is 76.4. The predicted octanol–water partition coefficient (Wildman–Crippen LogP) is 5.88. The number of imide groups is 1. The molecule has 4 bridgehead atoms. The second-order valence-electron chi connectivity index (χ2n) is 30.0. The topological polar surface area (TPSA) is 442 Å². The molecule has 4 saturated carbocycles. The maximum Gasteiger partial charge on any atom is 0.410 e. The summed E-state index contributed by atoms with van der Waals surface area (Å²) in [7, 11) is -4.62. The van der Waals surface area contributed by atoms with Crippen LogP contribution in [0.2, 0.25) is 0 Å². The minimum atomic E-state index is -4.62. The molecule has 2 aromatic heterocycles. The molecule has 4 aliphatic carbocycles. The van der Waals surface area contributed by atoms with E-state index in [0.29, 0.717) is 89.1 Å². The van der Waals surface area contributed by atoms with Crippen molar-refractivity contribution in [3.63, 3.8) is 0 Å². The van der Waals surface area contributed by atoms with Gasteiger partial charge in [-0.1, -0.05) is 75.4 Å². The van der Waals surface area contributed by atoms with Crippen LogP contribution in [0.1, 0.15) is 143 Å². The molecule has 0 radical (unpaired) electrons. The average molecular weight is 1500 g/mol. The summed E-state index contributed by atoms with van der Waals surface area (Å²) in [5.74, 6) is -7.17. The zero-order valence-electron chi connectivity index (χ0n) is 59.8. The Morgan fingerprint density at radius 2 is 1.61 bits per heavy atom. The Morgan fingerprint density at radius 3 is 2.29 bits per heavy atom. The van der Waals surface area contributed by atoms with E-state index < -0.39 is 137 Å². The highest BCUT2D eigenvalue weighted by atomic mass is 32.2. The summed E-state index contributed by atoms with van der Waals surface area (Å²) < 4.78 is 54.0. The van der Waals surface area contributed by atoms with Crippen LogP contribution in [0.3, 0.4) is 0 Å². The highest BCUT2D eigenvalue weighted by molar-refractivity contribution is 7.85. The number of amides is 6. The average Bonchev–Trinajstić information content (AvgIpc) is 0.738. The number of para-hydroxylation sites is 1. The summed E-state index contributed by atoms with van der Waals surface area (Å²) >= 11 is 1.44. The lowest BCUT2D eigenvalue weighted by Gasteiger charge is -2.69. The van der Waals surface area contributed by atoms with Crippen LogP contribution < -0.4 is 31.9 Å². The molecule has 1 saturated heterocycles. The second-order valence-corrected chi connectivity index (χ2v) is 32.6. The van der Waals surface area contributed by atoms with Crippen LogP contribution in [0.15, 0.2) is 96.1 Å². The molecule has 6 amide bonds. The molecule has 32 heteroatoms. The van der Waals surface area contributed by atoms with Gasteiger partial charge in [0.1, 0.15) is 37.2 Å². The minimum absolute atomic E-state index is 0.0176. The number of aliphatic hydroxyl groups excluding tert-OH is 3. The minimum Gasteiger partial charge on any atom is -0.479 e. The first-order chi connectivity index (χ1) is 50.1. The van der Waals surface area contributed by atoms with E-state index >= 15 is 0 Å². The number of aliphatic imine (C=N–C) groups is 1. The molecule has 106 heavy (non-hydrogen) atoms. The SMILES string of the molecule is CC(=NCC12CC3(C)CC(C)(C1)CC(OCCN(CCS(=O)(=O)O)C(=O)OCc1ccc(NC(=O)[C@H](C)NC(=O)[C@@H](NC(=O)CN4C(=O)C=CC4=O)C(C)C)cc1CC[C@@H]1O[C@H](C(=O)O)C[C@H](O)[C@H]1O)(C3)C2)C(=CN)c1ccc(N2CCc3cccc(C(O)Nc4nc5ccccc5s4)c3C2)nc1C(=O)O. The van der Waals surface area contributed by atoms with Crippen LogP contribution in [0, 0.1) is 22.2 Å². The number of pyridine rings is 1. The van der Waals surface area contributed by atoms with E-state index in [0.717, 1.165) is 57.7 Å². The molecular formula is C74H91N11O19S2. The number of carboxylic acid groups (broad SMARTS) is 2. The number of carboxylic acids is 2. The zero-order valence-corrected chi connectivity index (χ0v) is 61.4. The van der Waals surface area contributed by atoms with Crippen molar-refractivity contribution in [2.45, 2.75) is 167 Å². The number of thiazole rings is 1. The Labute approximate surface area is 616 Å². The van der Waals surface area contributed by atoms with Crippen molar-refractivity contribution in [1.29, 1.82) is 0 Å². The van der Waals surface area contributed by atoms with E-state index in [2.05, 4.69) is 40.1 Å². The number of nitrogens with two attached hydrogens (primary N) is 1. The van der Waals surface area contributed by atoms with E-state index in [1.807, 2.05) is 47.4 Å². The Balaban J connectivity index is 0.752. The summed E-state index contributed by atoms with van der Waals surface area (Å²) in [6, 6.07) is 19.1. The number of carbonyl (C=O) groups excluding carboxylic acids is 6. The Kier molecular flexibility index (Phi) is 23.2. The molecule has 5 heterocycles. The van der Waals surface area contributed by atoms with Crippen molar-refractivity contribution < 1.29 is 91.1 Å². The van der Waals surface area contributed by atoms with Crippen LogP contribution in [-0.2, 0) is 79.1 Å². The van der Waals surface area contributed by atoms with Crippen molar-refractivity contribution in [1.82, 2.24) is 30.4 Å². The number of aromatic nitrogens is 2. The maximum atomic E-state index is 14.3. The third-order valence-corrected chi connectivity index (χ3v) is 22.6. The number of carbonyl (C=O) groups is 8. The van der Waals surface area contributed by atoms with Crippen molar-refractivity contribution in [2.75, 3.05) is 60.6 Å². The number of aromatic carboxylic acids is 1. The number of allylic oxidation sites excluding steroid dienone is 1. The molecule has 12 rings (SSSR count). The molecule has 9 atom stereocenters. The van der Waals surface area contributed by atoms with Gasteiger partial charge in [0.2, 0.25) is 17.7 Å². The number of hydrogen-bond donors (Lipinski definition) is 11. The van der Waals surface area contributed by atoms with Crippen LogP contribution in [0.25, 0.3) is 15.8 Å². The molecule has 3 aromatic carbocycles. The Hall–Kier alpha value is -9.28. The van der Waals surface area contributed by atoms with E-state index in [1.54, 1.807) is 32.9 Å². The molecule has 5 fully saturated rings. The van der Waals surface area contributed by atoms with Gasteiger partial charge in [-0.05, 0) is 152 Å². The monoisotopic (exact) mass is 1500 g/mol. The van der Waals surface area contributed by atoms with E-state index in [4.69, 9.17) is 29.9 Å². The largest absolute Gasteiger partial charge is 0.479 e. The Bertz CT molecular complexity index is 4400. The molecular weight excluding hydrogens is 1410 g/mol. The lowest BCUT2D eigenvalue weighted by Crippen LogP contribution is -2.64. The molecule has 3 aliphatic heterocycles. The molecule has 30 nitrogen and oxygen atoms in total. The number of nitrogens with one attached hydrogen (secondary N) is 4. The first kappa shape index (κ1) is 77.8. The van der Waals surface area contributed by atoms with E-state index in [1.165, 1.54) is 42.7 Å². The molecule has 568 valence electrons. The van der Waals surface area contributed by atoms with Crippen LogP contribution in [0.4, 0.5) is 21.4 Å². The van der Waals surface area contributed by atoms with E-state index in [-0.39, 0.29) is 65.6 Å². The van der Waals surface area contributed by atoms with Gasteiger partial charge in [-0.2, -0.15) is 8.42 Å². The van der Waals surface area contributed by atoms with Crippen molar-refractivity contribution in [2.24, 2.45) is 32.9 Å². The number of fused-ring (bicyclic) bond motifs is 2. The lowest BCUT2D eigenvalue weighted by molar-refractivity contribution is -0.242. The first-order valence-corrected chi connectivity index (χ1v) is 37.7. The number of rotatable bonds is 30. The fourth-order valence-corrected chi connectivity index (χ4v) is 18.4. The maximum absolute atomic E-state index is 14.3. The number of aryl methyl sites for hydroxylation is 1. The smallest absolute Gasteiger partial charge is 0.410 e. The number of ether oxygens (including phenoxy) is 3. The number of hydrogen-bond acceptors (Lipinski definition) is 23. The molecule has 0 spiro atoms. The standard InChI is InChI=1S/C74H91N11O19S2/c1-41(2)61(81-58(87)32-85-59(88)20-21-60(85)89)66(93)77-43(4)64(91)78-47-16-14-46(45(28-47)15-18-54-63(90)53(86)29-55(104-54)67(94)95)33-102-70(98)83(25-27-106(99,100)101)24-26-103-74-37-71(5)34-72(6,38-74)36-73(35-71,39-74)40-76-42(3)50(30-75)48-17-19-57(80-62(48)68(96)97)84-23-22-44-10-9-11-49(51(44)31-84)65(92)82-69-79-52-12-7-8-13-56(52)105-69/h7-14,16-17,19-21,28,30,41,43,53-55,61,63,65,86,90,92H,15,18,22-27,29,31-40,75H2,1-6H3,(H,77,93)(H,78,91)(H,79,82)(H,81,87)(H,94,95)(H,96,97)(H,99,100,101)/t43-,53-,54-,55-,61-,63+,65?,71?,72?,73?,74?/m0/s1. The van der Waals surface area contributed by atoms with Crippen LogP contribution in [0.5, 0.6) is 0 Å². The van der Waals surface area contributed by atoms with Gasteiger partial charge in [-0.3, -0.25) is 38.4 Å². The first-order valence-electron chi connectivity index (χ1n) is 35.3. The third-order valence-electron chi connectivity index (χ3n) is 21.0. The molecule has 3 unspecified atom stereocenters. The fourth-order valence-electron chi connectivity index (χ4n) is 17.1. The molecule has 5 aromatic rings. The summed E-state index contributed by atoms with van der Waals surface area (Å²) in [4.78, 5) is 122. The van der Waals surface area contributed by atoms with Gasteiger partial charge >= 0.3 is 18.0 Å². The van der Waals surface area contributed by atoms with Gasteiger partial charge < -0.3 is 76.5 Å². The van der Waals surface area contributed by atoms with Gasteiger partial charge in [0.05, 0.1) is 40.4 Å². The number of nitrogens with zero attached hydrogens (tertiary/aromatic N) is 6. The lowest BCUT2D eigenvalue weighted by atomic mass is 9.39. The highest BCUT2D eigenvalue weighted by Crippen LogP contribution is 2.71. The van der Waals surface area contributed by atoms with Crippen LogP contribution >= 0.6 is 11.3 Å². The van der Waals surface area contributed by atoms with Gasteiger partial charge in [-0.25, -0.2) is 24.4 Å². The van der Waals surface area contributed by atoms with Crippen LogP contribution in [-0.4, -0.2) is 199 Å². The molecule has 12 N–H and O–H groups in total. The summed E-state index contributed by atoms with van der Waals surface area (Å²) in [5, 5.41) is 65.2. The summed E-state index contributed by atoms with van der Waals surface area (Å²) in [6.07, 6.45) is 0.445. The molecule has 7 aliphatic rings. The van der Waals surface area contributed by atoms with Gasteiger partial charge in [0.25, 0.3) is 21.9 Å². The number of aliphatic carboxylic acids is 1. The number of benzene rings is 3. The number of aliphatic hydroxyl groups is 3. The predicted molar refractivity (Wildman–Crippen MR) is 390 cm³/mol. The van der Waals surface area contributed by atoms with Gasteiger partial charge in [0.15, 0.2) is 23.2 Å². The fraction of sp³-hybridized carbons (Fsp3) is 0.500. The normalized spacial score (nSPS) is 25.1.